The van der Waals surface area contributed by atoms with Crippen molar-refractivity contribution in [2.45, 2.75) is 24.2 Å². The number of alkyl halides is 6. The third-order valence-electron chi connectivity index (χ3n) is 3.32. The third-order valence-corrected chi connectivity index (χ3v) is 4.84. The van der Waals surface area contributed by atoms with Crippen LogP contribution in [0.5, 0.6) is 0 Å². The van der Waals surface area contributed by atoms with Gasteiger partial charge in [-0.2, -0.15) is 26.3 Å². The van der Waals surface area contributed by atoms with E-state index in [1.807, 2.05) is 5.32 Å². The van der Waals surface area contributed by atoms with Gasteiger partial charge in [0.1, 0.15) is 11.5 Å². The predicted molar refractivity (Wildman–Crippen MR) is 91.7 cm³/mol. The number of hydrogen-bond acceptors (Lipinski definition) is 2. The Bertz CT molecular complexity index is 851. The van der Waals surface area contributed by atoms with Crippen molar-refractivity contribution in [2.24, 2.45) is 4.99 Å². The molecule has 28 heavy (non-hydrogen) atoms. The van der Waals surface area contributed by atoms with Crippen LogP contribution in [0.25, 0.3) is 0 Å². The minimum Gasteiger partial charge on any atom is -0.611 e. The molecule has 0 spiro atoms. The van der Waals surface area contributed by atoms with E-state index in [9.17, 15) is 35.3 Å². The molecule has 1 atom stereocenters. The second kappa shape index (κ2) is 8.39. The van der Waals surface area contributed by atoms with E-state index in [0.717, 1.165) is 0 Å². The molecule has 1 unspecified atom stereocenters. The van der Waals surface area contributed by atoms with E-state index in [-0.39, 0.29) is 11.3 Å². The second-order valence-electron chi connectivity index (χ2n) is 5.62. The fourth-order valence-corrected chi connectivity index (χ4v) is 3.25. The molecular formula is C17H13F7N2OS. The van der Waals surface area contributed by atoms with E-state index >= 15 is 0 Å². The fraction of sp³-hybridized carbons (Fsp3) is 0.235. The van der Waals surface area contributed by atoms with E-state index < -0.39 is 51.5 Å². The van der Waals surface area contributed by atoms with Crippen molar-refractivity contribution in [3.8, 4) is 0 Å². The number of aliphatic imine (C=N–C) groups is 1. The summed E-state index contributed by atoms with van der Waals surface area (Å²) in [6.45, 7) is 1.20. The molecule has 0 bridgehead atoms. The molecule has 0 aliphatic heterocycles. The SMILES string of the molecule is Cc1cc(F)c(/N=C(/Nc2ccccc2)C(F)(F)F)cc1[S+]([O-])CC(F)(F)F. The maximum Gasteiger partial charge on any atom is 0.449 e. The van der Waals surface area contributed by atoms with Gasteiger partial charge in [0.05, 0.1) is 0 Å². The topological polar surface area (TPSA) is 47.5 Å². The van der Waals surface area contributed by atoms with Crippen LogP contribution in [0.3, 0.4) is 0 Å². The number of halogens is 7. The van der Waals surface area contributed by atoms with Crippen LogP contribution in [0.2, 0.25) is 0 Å². The lowest BCUT2D eigenvalue weighted by atomic mass is 10.2. The molecule has 0 heterocycles. The smallest absolute Gasteiger partial charge is 0.449 e. The van der Waals surface area contributed by atoms with Crippen molar-refractivity contribution >= 4 is 28.4 Å². The van der Waals surface area contributed by atoms with Crippen LogP contribution in [0.1, 0.15) is 5.56 Å². The van der Waals surface area contributed by atoms with Crippen LogP contribution in [-0.4, -0.2) is 28.5 Å². The zero-order valence-corrected chi connectivity index (χ0v) is 15.0. The van der Waals surface area contributed by atoms with Gasteiger partial charge in [0.2, 0.25) is 11.6 Å². The first-order valence-corrected chi connectivity index (χ1v) is 8.92. The monoisotopic (exact) mass is 426 g/mol. The molecule has 2 rings (SSSR count). The van der Waals surface area contributed by atoms with Gasteiger partial charge >= 0.3 is 12.4 Å². The molecule has 0 aromatic heterocycles. The zero-order valence-electron chi connectivity index (χ0n) is 14.2. The van der Waals surface area contributed by atoms with Crippen LogP contribution in [-0.2, 0) is 11.2 Å². The molecular weight excluding hydrogens is 413 g/mol. The average molecular weight is 426 g/mol. The minimum absolute atomic E-state index is 0.0203. The standard InChI is InChI=1S/C17H13F7N2OS/c1-10-7-12(18)13(8-14(10)28(27)9-16(19,20)21)26-15(17(22,23)24)25-11-5-3-2-4-6-11/h2-8H,9H2,1H3,(H,25,26). The number of nitrogens with zero attached hydrogens (tertiary/aromatic N) is 1. The van der Waals surface area contributed by atoms with Gasteiger partial charge in [-0.15, -0.1) is 0 Å². The molecule has 0 amide bonds. The first-order chi connectivity index (χ1) is 12.9. The van der Waals surface area contributed by atoms with Gasteiger partial charge < -0.3 is 9.87 Å². The first-order valence-electron chi connectivity index (χ1n) is 7.60. The Kier molecular flexibility index (Phi) is 6.60. The van der Waals surface area contributed by atoms with Crippen molar-refractivity contribution in [3.63, 3.8) is 0 Å². The van der Waals surface area contributed by atoms with Crippen molar-refractivity contribution in [1.29, 1.82) is 0 Å². The molecule has 0 aliphatic carbocycles. The number of anilines is 1. The number of hydrogen-bond donors (Lipinski definition) is 1. The molecule has 11 heteroatoms. The number of amidine groups is 1. The van der Waals surface area contributed by atoms with E-state index in [4.69, 9.17) is 0 Å². The van der Waals surface area contributed by atoms with Crippen molar-refractivity contribution in [3.05, 3.63) is 53.8 Å². The molecule has 2 aromatic rings. The fourth-order valence-electron chi connectivity index (χ4n) is 2.14. The molecule has 0 radical (unpaired) electrons. The summed E-state index contributed by atoms with van der Waals surface area (Å²) in [6, 6.07) is 8.44. The Balaban J connectivity index is 2.46. The maximum absolute atomic E-state index is 14.1. The summed E-state index contributed by atoms with van der Waals surface area (Å²) >= 11 is -2.62. The Morgan fingerprint density at radius 2 is 1.68 bits per heavy atom. The van der Waals surface area contributed by atoms with Crippen LogP contribution in [0.15, 0.2) is 52.4 Å². The summed E-state index contributed by atoms with van der Waals surface area (Å²) in [5.41, 5.74) is -0.956. The molecule has 3 nitrogen and oxygen atoms in total. The lowest BCUT2D eigenvalue weighted by Crippen LogP contribution is -2.30. The Morgan fingerprint density at radius 3 is 2.21 bits per heavy atom. The predicted octanol–water partition coefficient (Wildman–Crippen LogP) is 5.51. The normalized spacial score (nSPS) is 14.1. The van der Waals surface area contributed by atoms with Crippen LogP contribution >= 0.6 is 0 Å². The van der Waals surface area contributed by atoms with Crippen molar-refractivity contribution in [2.75, 3.05) is 11.1 Å². The summed E-state index contributed by atoms with van der Waals surface area (Å²) in [7, 11) is 0. The molecule has 0 saturated heterocycles. The van der Waals surface area contributed by atoms with E-state index in [1.54, 1.807) is 6.07 Å². The Labute approximate surface area is 158 Å². The lowest BCUT2D eigenvalue weighted by Gasteiger charge is -2.16. The number of benzene rings is 2. The highest BCUT2D eigenvalue weighted by Crippen LogP contribution is 2.31. The Morgan fingerprint density at radius 1 is 1.07 bits per heavy atom. The molecule has 0 aliphatic rings. The van der Waals surface area contributed by atoms with Gasteiger partial charge in [-0.05, 0) is 36.3 Å². The van der Waals surface area contributed by atoms with Crippen LogP contribution in [0.4, 0.5) is 42.1 Å². The van der Waals surface area contributed by atoms with Crippen LogP contribution in [0, 0.1) is 12.7 Å². The quantitative estimate of drug-likeness (QED) is 0.303. The summed E-state index contributed by atoms with van der Waals surface area (Å²) in [6.07, 6.45) is -9.76. The van der Waals surface area contributed by atoms with Gasteiger partial charge in [-0.1, -0.05) is 18.2 Å². The summed E-state index contributed by atoms with van der Waals surface area (Å²) in [4.78, 5) is 2.75. The van der Waals surface area contributed by atoms with Gasteiger partial charge in [0.15, 0.2) is 4.90 Å². The third kappa shape index (κ3) is 6.13. The highest BCUT2D eigenvalue weighted by Gasteiger charge is 2.38. The Hall–Kier alpha value is -2.27. The van der Waals surface area contributed by atoms with E-state index in [1.165, 1.54) is 31.2 Å². The number of para-hydroxylation sites is 1. The summed E-state index contributed by atoms with van der Waals surface area (Å²) in [5.74, 6) is -4.48. The van der Waals surface area contributed by atoms with Gasteiger partial charge in [-0.25, -0.2) is 9.38 Å². The van der Waals surface area contributed by atoms with E-state index in [0.29, 0.717) is 12.1 Å². The van der Waals surface area contributed by atoms with Crippen molar-refractivity contribution < 1.29 is 35.3 Å². The van der Waals surface area contributed by atoms with Crippen LogP contribution < -0.4 is 5.32 Å². The number of rotatable bonds is 4. The molecule has 2 aromatic carbocycles. The number of nitrogens with one attached hydrogen (secondary N) is 1. The molecule has 1 N–H and O–H groups in total. The van der Waals surface area contributed by atoms with Gasteiger partial charge in [-0.3, -0.25) is 0 Å². The molecule has 0 saturated carbocycles. The maximum atomic E-state index is 14.1. The second-order valence-corrected chi connectivity index (χ2v) is 7.04. The summed E-state index contributed by atoms with van der Waals surface area (Å²) in [5, 5.41) is 2.00. The first kappa shape index (κ1) is 22.0. The van der Waals surface area contributed by atoms with Crippen molar-refractivity contribution in [1.82, 2.24) is 0 Å². The van der Waals surface area contributed by atoms with E-state index in [2.05, 4.69) is 4.99 Å². The lowest BCUT2D eigenvalue weighted by molar-refractivity contribution is -0.106. The molecule has 152 valence electrons. The number of aryl methyl sites for hydroxylation is 1. The minimum atomic E-state index is -5.00. The zero-order chi connectivity index (χ0) is 21.1. The average Bonchev–Trinajstić information content (AvgIpc) is 2.54. The van der Waals surface area contributed by atoms with Gasteiger partial charge in [0, 0.05) is 17.3 Å². The highest BCUT2D eigenvalue weighted by atomic mass is 32.2. The highest BCUT2D eigenvalue weighted by molar-refractivity contribution is 7.91. The molecule has 0 fully saturated rings. The van der Waals surface area contributed by atoms with Gasteiger partial charge in [0.25, 0.3) is 0 Å². The summed E-state index contributed by atoms with van der Waals surface area (Å²) < 4.78 is 103. The largest absolute Gasteiger partial charge is 0.611 e.